The Morgan fingerprint density at radius 2 is 2.12 bits per heavy atom. The molecule has 1 N–H and O–H groups in total. The van der Waals surface area contributed by atoms with E-state index in [9.17, 15) is 8.42 Å². The smallest absolute Gasteiger partial charge is 0.207 e. The standard InChI is InChI=1S/C11H15NO2S2/c1-9-4-2-3-5-11(9)16(13,14)12-10-6-7-15-8-10/h2-5,10,12H,6-8H2,1H3. The van der Waals surface area contributed by atoms with E-state index in [0.717, 1.165) is 23.5 Å². The minimum Gasteiger partial charge on any atom is -0.207 e. The molecule has 3 nitrogen and oxygen atoms in total. The summed E-state index contributed by atoms with van der Waals surface area (Å²) in [5.74, 6) is 1.92. The van der Waals surface area contributed by atoms with E-state index in [1.165, 1.54) is 0 Å². The van der Waals surface area contributed by atoms with Crippen LogP contribution < -0.4 is 4.72 Å². The molecule has 1 aromatic carbocycles. The maximum absolute atomic E-state index is 12.1. The van der Waals surface area contributed by atoms with Crippen LogP contribution in [-0.2, 0) is 10.0 Å². The minimum absolute atomic E-state index is 0.0922. The van der Waals surface area contributed by atoms with Crippen molar-refractivity contribution in [2.75, 3.05) is 11.5 Å². The molecule has 0 spiro atoms. The van der Waals surface area contributed by atoms with Gasteiger partial charge in [0.1, 0.15) is 0 Å². The van der Waals surface area contributed by atoms with Gasteiger partial charge in [0.25, 0.3) is 0 Å². The summed E-state index contributed by atoms with van der Waals surface area (Å²) >= 11 is 1.80. The minimum atomic E-state index is -3.34. The van der Waals surface area contributed by atoms with E-state index in [1.807, 2.05) is 19.1 Å². The Bertz CT molecular complexity index is 465. The summed E-state index contributed by atoms with van der Waals surface area (Å²) in [6, 6.07) is 7.16. The Labute approximate surface area is 101 Å². The van der Waals surface area contributed by atoms with Crippen LogP contribution in [0.15, 0.2) is 29.2 Å². The summed E-state index contributed by atoms with van der Waals surface area (Å²) in [6.45, 7) is 1.82. The van der Waals surface area contributed by atoms with Gasteiger partial charge < -0.3 is 0 Å². The molecular weight excluding hydrogens is 242 g/mol. The van der Waals surface area contributed by atoms with Crippen molar-refractivity contribution in [1.29, 1.82) is 0 Å². The number of thioether (sulfide) groups is 1. The largest absolute Gasteiger partial charge is 0.241 e. The summed E-state index contributed by atoms with van der Waals surface area (Å²) in [6.07, 6.45) is 0.926. The second-order valence-corrected chi connectivity index (χ2v) is 6.78. The average Bonchev–Trinajstić information content (AvgIpc) is 2.70. The van der Waals surface area contributed by atoms with Crippen molar-refractivity contribution in [3.63, 3.8) is 0 Å². The maximum atomic E-state index is 12.1. The van der Waals surface area contributed by atoms with Gasteiger partial charge in [0, 0.05) is 11.8 Å². The van der Waals surface area contributed by atoms with Crippen molar-refractivity contribution >= 4 is 21.8 Å². The number of sulfonamides is 1. The molecule has 0 radical (unpaired) electrons. The predicted molar refractivity (Wildman–Crippen MR) is 67.2 cm³/mol. The van der Waals surface area contributed by atoms with Crippen molar-refractivity contribution in [2.24, 2.45) is 0 Å². The van der Waals surface area contributed by atoms with Crippen LogP contribution in [0.25, 0.3) is 0 Å². The van der Waals surface area contributed by atoms with E-state index in [2.05, 4.69) is 4.72 Å². The molecule has 1 atom stereocenters. The number of benzene rings is 1. The van der Waals surface area contributed by atoms with Gasteiger partial charge in [-0.3, -0.25) is 0 Å². The summed E-state index contributed by atoms with van der Waals surface area (Å²) in [4.78, 5) is 0.395. The van der Waals surface area contributed by atoms with E-state index in [4.69, 9.17) is 0 Å². The second-order valence-electron chi connectivity index (χ2n) is 3.95. The van der Waals surface area contributed by atoms with Crippen molar-refractivity contribution in [1.82, 2.24) is 4.72 Å². The third-order valence-electron chi connectivity index (χ3n) is 2.63. The molecule has 1 saturated heterocycles. The molecule has 0 amide bonds. The summed E-state index contributed by atoms with van der Waals surface area (Å²) in [5, 5.41) is 0. The normalized spacial score (nSPS) is 21.2. The van der Waals surface area contributed by atoms with Crippen LogP contribution in [0.4, 0.5) is 0 Å². The third kappa shape index (κ3) is 2.59. The molecule has 16 heavy (non-hydrogen) atoms. The number of rotatable bonds is 3. The lowest BCUT2D eigenvalue weighted by Gasteiger charge is -2.13. The summed E-state index contributed by atoms with van der Waals surface area (Å²) in [5.41, 5.74) is 0.792. The average molecular weight is 257 g/mol. The Morgan fingerprint density at radius 1 is 1.38 bits per heavy atom. The fourth-order valence-electron chi connectivity index (χ4n) is 1.77. The zero-order valence-corrected chi connectivity index (χ0v) is 10.8. The first kappa shape index (κ1) is 12.0. The van der Waals surface area contributed by atoms with Crippen molar-refractivity contribution in [2.45, 2.75) is 24.3 Å². The zero-order chi connectivity index (χ0) is 11.6. The first-order valence-electron chi connectivity index (χ1n) is 5.25. The lowest BCUT2D eigenvalue weighted by atomic mass is 10.2. The summed E-state index contributed by atoms with van der Waals surface area (Å²) < 4.78 is 26.9. The highest BCUT2D eigenvalue weighted by molar-refractivity contribution is 7.99. The number of hydrogen-bond acceptors (Lipinski definition) is 3. The fraction of sp³-hybridized carbons (Fsp3) is 0.455. The molecule has 1 unspecified atom stereocenters. The van der Waals surface area contributed by atoms with Gasteiger partial charge >= 0.3 is 0 Å². The molecule has 0 aliphatic carbocycles. The van der Waals surface area contributed by atoms with Crippen LogP contribution in [0.5, 0.6) is 0 Å². The van der Waals surface area contributed by atoms with Crippen molar-refractivity contribution in [3.05, 3.63) is 29.8 Å². The lowest BCUT2D eigenvalue weighted by molar-refractivity contribution is 0.562. The maximum Gasteiger partial charge on any atom is 0.241 e. The molecule has 1 aromatic rings. The van der Waals surface area contributed by atoms with Crippen LogP contribution in [-0.4, -0.2) is 26.0 Å². The van der Waals surface area contributed by atoms with Gasteiger partial charge in [0.2, 0.25) is 10.0 Å². The number of aryl methyl sites for hydroxylation is 1. The highest BCUT2D eigenvalue weighted by Gasteiger charge is 2.23. The molecule has 1 fully saturated rings. The molecule has 2 rings (SSSR count). The Morgan fingerprint density at radius 3 is 2.75 bits per heavy atom. The topological polar surface area (TPSA) is 46.2 Å². The first-order chi connectivity index (χ1) is 7.59. The molecule has 0 aromatic heterocycles. The molecule has 1 aliphatic heterocycles. The van der Waals surface area contributed by atoms with Gasteiger partial charge in [-0.2, -0.15) is 11.8 Å². The molecule has 1 heterocycles. The van der Waals surface area contributed by atoms with Gasteiger partial charge in [0.05, 0.1) is 4.90 Å². The molecule has 1 aliphatic rings. The van der Waals surface area contributed by atoms with E-state index >= 15 is 0 Å². The van der Waals surface area contributed by atoms with E-state index in [-0.39, 0.29) is 6.04 Å². The van der Waals surface area contributed by atoms with Crippen LogP contribution in [0, 0.1) is 6.92 Å². The highest BCUT2D eigenvalue weighted by Crippen LogP contribution is 2.20. The van der Waals surface area contributed by atoms with Crippen LogP contribution in [0.1, 0.15) is 12.0 Å². The number of nitrogens with one attached hydrogen (secondary N) is 1. The van der Waals surface area contributed by atoms with Gasteiger partial charge in [-0.1, -0.05) is 18.2 Å². The summed E-state index contributed by atoms with van der Waals surface area (Å²) in [7, 11) is -3.34. The van der Waals surface area contributed by atoms with Crippen LogP contribution >= 0.6 is 11.8 Å². The van der Waals surface area contributed by atoms with E-state index in [1.54, 1.807) is 23.9 Å². The van der Waals surface area contributed by atoms with Gasteiger partial charge in [-0.25, -0.2) is 13.1 Å². The van der Waals surface area contributed by atoms with Crippen LogP contribution in [0.3, 0.4) is 0 Å². The number of hydrogen-bond donors (Lipinski definition) is 1. The fourth-order valence-corrected chi connectivity index (χ4v) is 4.54. The van der Waals surface area contributed by atoms with Gasteiger partial charge in [-0.05, 0) is 30.7 Å². The molecule has 0 bridgehead atoms. The molecular formula is C11H15NO2S2. The quantitative estimate of drug-likeness (QED) is 0.898. The van der Waals surface area contributed by atoms with Gasteiger partial charge in [0.15, 0.2) is 0 Å². The van der Waals surface area contributed by atoms with E-state index < -0.39 is 10.0 Å². The SMILES string of the molecule is Cc1ccccc1S(=O)(=O)NC1CCSC1. The highest BCUT2D eigenvalue weighted by atomic mass is 32.2. The molecule has 5 heteroatoms. The van der Waals surface area contributed by atoms with E-state index in [0.29, 0.717) is 4.90 Å². The van der Waals surface area contributed by atoms with Crippen molar-refractivity contribution < 1.29 is 8.42 Å². The monoisotopic (exact) mass is 257 g/mol. The Balaban J connectivity index is 2.21. The van der Waals surface area contributed by atoms with Crippen molar-refractivity contribution in [3.8, 4) is 0 Å². The predicted octanol–water partition coefficient (Wildman–Crippen LogP) is 1.78. The van der Waals surface area contributed by atoms with Gasteiger partial charge in [-0.15, -0.1) is 0 Å². The lowest BCUT2D eigenvalue weighted by Crippen LogP contribution is -2.34. The molecule has 0 saturated carbocycles. The second kappa shape index (κ2) is 4.77. The zero-order valence-electron chi connectivity index (χ0n) is 9.14. The Hall–Kier alpha value is -0.520. The molecule has 88 valence electrons. The third-order valence-corrected chi connectivity index (χ3v) is 5.48. The first-order valence-corrected chi connectivity index (χ1v) is 7.89. The van der Waals surface area contributed by atoms with Crippen LogP contribution in [0.2, 0.25) is 0 Å². The Kier molecular flexibility index (Phi) is 3.56.